The quantitative estimate of drug-likeness (QED) is 0.415. The summed E-state index contributed by atoms with van der Waals surface area (Å²) in [4.78, 5) is 11.6. The van der Waals surface area contributed by atoms with Crippen LogP contribution in [0.25, 0.3) is 21.9 Å². The van der Waals surface area contributed by atoms with E-state index in [-0.39, 0.29) is 0 Å². The number of unbranched alkanes of at least 4 members (excludes halogenated alkanes) is 3. The summed E-state index contributed by atoms with van der Waals surface area (Å²) in [5.41, 5.74) is 3.53. The van der Waals surface area contributed by atoms with Gasteiger partial charge in [0.25, 0.3) is 0 Å². The Morgan fingerprint density at radius 3 is 2.59 bits per heavy atom. The van der Waals surface area contributed by atoms with Crippen LogP contribution >= 0.6 is 11.6 Å². The van der Waals surface area contributed by atoms with Gasteiger partial charge in [0.05, 0.1) is 23.8 Å². The van der Waals surface area contributed by atoms with Crippen molar-refractivity contribution in [1.29, 1.82) is 0 Å². The molecular weight excluding hydrogens is 360 g/mol. The Morgan fingerprint density at radius 2 is 1.81 bits per heavy atom. The zero-order chi connectivity index (χ0) is 19.2. The molecule has 0 unspecified atom stereocenters. The average Bonchev–Trinajstić information content (AvgIpc) is 2.65. The van der Waals surface area contributed by atoms with Crippen LogP contribution in [0.4, 0.5) is 5.69 Å². The van der Waals surface area contributed by atoms with Gasteiger partial charge in [0.15, 0.2) is 0 Å². The van der Waals surface area contributed by atoms with Gasteiger partial charge in [0, 0.05) is 23.0 Å². The van der Waals surface area contributed by atoms with E-state index in [1.165, 1.54) is 19.3 Å². The van der Waals surface area contributed by atoms with Crippen molar-refractivity contribution in [1.82, 2.24) is 14.9 Å². The second-order valence-electron chi connectivity index (χ2n) is 7.01. The van der Waals surface area contributed by atoms with Gasteiger partial charge in [-0.3, -0.25) is 0 Å². The number of methoxy groups -OCH3 is 1. The minimum atomic E-state index is 0.587. The maximum atomic E-state index is 6.17. The molecule has 0 aliphatic carbocycles. The Balaban J connectivity index is 1.80. The van der Waals surface area contributed by atoms with Gasteiger partial charge in [0.1, 0.15) is 5.52 Å². The highest BCUT2D eigenvalue weighted by Crippen LogP contribution is 2.32. The first-order chi connectivity index (χ1) is 13.1. The van der Waals surface area contributed by atoms with Crippen LogP contribution < -0.4 is 10.1 Å². The van der Waals surface area contributed by atoms with Crippen molar-refractivity contribution in [2.75, 3.05) is 39.6 Å². The fourth-order valence-corrected chi connectivity index (χ4v) is 3.35. The lowest BCUT2D eigenvalue weighted by Crippen LogP contribution is -2.12. The molecular formula is C21H27ClN4O. The molecule has 144 valence electrons. The topological polar surface area (TPSA) is 50.3 Å². The molecule has 0 saturated heterocycles. The first kappa shape index (κ1) is 19.6. The number of hydrogen-bond donors (Lipinski definition) is 1. The summed E-state index contributed by atoms with van der Waals surface area (Å²) in [6.45, 7) is 2.05. The summed E-state index contributed by atoms with van der Waals surface area (Å²) in [6.07, 6.45) is 4.82. The van der Waals surface area contributed by atoms with Crippen LogP contribution in [0.2, 0.25) is 5.02 Å². The zero-order valence-corrected chi connectivity index (χ0v) is 17.0. The molecule has 0 atom stereocenters. The second-order valence-corrected chi connectivity index (χ2v) is 7.45. The van der Waals surface area contributed by atoms with E-state index in [0.29, 0.717) is 10.9 Å². The fraction of sp³-hybridized carbons (Fsp3) is 0.429. The van der Waals surface area contributed by atoms with E-state index in [0.717, 1.165) is 47.1 Å². The molecule has 2 aromatic heterocycles. The summed E-state index contributed by atoms with van der Waals surface area (Å²) in [5.74, 6) is 0.587. The van der Waals surface area contributed by atoms with Gasteiger partial charge in [-0.2, -0.15) is 0 Å². The van der Waals surface area contributed by atoms with Crippen LogP contribution in [0.1, 0.15) is 25.7 Å². The largest absolute Gasteiger partial charge is 0.481 e. The number of pyridine rings is 2. The monoisotopic (exact) mass is 386 g/mol. The van der Waals surface area contributed by atoms with Crippen LogP contribution in [0.3, 0.4) is 0 Å². The summed E-state index contributed by atoms with van der Waals surface area (Å²) in [5, 5.41) is 5.30. The molecule has 0 radical (unpaired) electrons. The Bertz CT molecular complexity index is 913. The summed E-state index contributed by atoms with van der Waals surface area (Å²) < 4.78 is 5.31. The number of aromatic nitrogens is 2. The number of benzene rings is 1. The second kappa shape index (κ2) is 9.20. The molecule has 3 aromatic rings. The van der Waals surface area contributed by atoms with E-state index in [2.05, 4.69) is 29.3 Å². The lowest BCUT2D eigenvalue weighted by atomic mass is 10.1. The minimum Gasteiger partial charge on any atom is -0.481 e. The molecule has 1 aromatic carbocycles. The predicted molar refractivity (Wildman–Crippen MR) is 114 cm³/mol. The number of anilines is 1. The number of nitrogens with one attached hydrogen (secondary N) is 1. The standard InChI is InChI=1S/C21H27ClN4O/c1-26(2)13-7-5-4-6-12-23-20-16-9-8-15(22)14-18(16)24-17-10-11-19(27-3)25-21(17)20/h8-11,14H,4-7,12-13H2,1-3H3,(H,23,24). The third-order valence-electron chi connectivity index (χ3n) is 4.60. The Labute approximate surface area is 165 Å². The van der Waals surface area contributed by atoms with E-state index in [1.807, 2.05) is 30.3 Å². The first-order valence-corrected chi connectivity index (χ1v) is 9.79. The van der Waals surface area contributed by atoms with Gasteiger partial charge in [-0.1, -0.05) is 24.4 Å². The van der Waals surface area contributed by atoms with Crippen molar-refractivity contribution < 1.29 is 4.74 Å². The zero-order valence-electron chi connectivity index (χ0n) is 16.3. The highest BCUT2D eigenvalue weighted by molar-refractivity contribution is 6.31. The Kier molecular flexibility index (Phi) is 6.69. The molecule has 1 N–H and O–H groups in total. The van der Waals surface area contributed by atoms with Crippen LogP contribution in [-0.2, 0) is 0 Å². The minimum absolute atomic E-state index is 0.587. The maximum absolute atomic E-state index is 6.17. The molecule has 6 heteroatoms. The lowest BCUT2D eigenvalue weighted by Gasteiger charge is -2.14. The summed E-state index contributed by atoms with van der Waals surface area (Å²) in [6, 6.07) is 9.57. The van der Waals surface area contributed by atoms with Gasteiger partial charge >= 0.3 is 0 Å². The van der Waals surface area contributed by atoms with E-state index < -0.39 is 0 Å². The molecule has 0 spiro atoms. The van der Waals surface area contributed by atoms with Crippen LogP contribution in [-0.4, -0.2) is 49.2 Å². The van der Waals surface area contributed by atoms with Crippen molar-refractivity contribution in [3.8, 4) is 5.88 Å². The van der Waals surface area contributed by atoms with E-state index >= 15 is 0 Å². The van der Waals surface area contributed by atoms with Gasteiger partial charge in [-0.05, 0) is 57.7 Å². The number of fused-ring (bicyclic) bond motifs is 2. The van der Waals surface area contributed by atoms with Crippen LogP contribution in [0, 0.1) is 0 Å². The number of hydrogen-bond acceptors (Lipinski definition) is 5. The molecule has 0 saturated carbocycles. The number of halogens is 1. The van der Waals surface area contributed by atoms with Crippen molar-refractivity contribution >= 4 is 39.2 Å². The van der Waals surface area contributed by atoms with Crippen molar-refractivity contribution in [2.45, 2.75) is 25.7 Å². The third-order valence-corrected chi connectivity index (χ3v) is 4.83. The Morgan fingerprint density at radius 1 is 1.00 bits per heavy atom. The van der Waals surface area contributed by atoms with Crippen LogP contribution in [0.5, 0.6) is 5.88 Å². The maximum Gasteiger partial charge on any atom is 0.213 e. The fourth-order valence-electron chi connectivity index (χ4n) is 3.19. The highest BCUT2D eigenvalue weighted by Gasteiger charge is 2.12. The van der Waals surface area contributed by atoms with E-state index in [1.54, 1.807) is 7.11 Å². The smallest absolute Gasteiger partial charge is 0.213 e. The van der Waals surface area contributed by atoms with Gasteiger partial charge < -0.3 is 15.0 Å². The SMILES string of the molecule is COc1ccc2nc3cc(Cl)ccc3c(NCCCCCCN(C)C)c2n1. The average molecular weight is 387 g/mol. The first-order valence-electron chi connectivity index (χ1n) is 9.41. The van der Waals surface area contributed by atoms with Crippen molar-refractivity contribution in [2.24, 2.45) is 0 Å². The van der Waals surface area contributed by atoms with Crippen molar-refractivity contribution in [3.63, 3.8) is 0 Å². The summed E-state index contributed by atoms with van der Waals surface area (Å²) in [7, 11) is 5.87. The molecule has 5 nitrogen and oxygen atoms in total. The molecule has 2 heterocycles. The molecule has 27 heavy (non-hydrogen) atoms. The van der Waals surface area contributed by atoms with E-state index in [4.69, 9.17) is 21.3 Å². The molecule has 0 bridgehead atoms. The van der Waals surface area contributed by atoms with Crippen LogP contribution in [0.15, 0.2) is 30.3 Å². The highest BCUT2D eigenvalue weighted by atomic mass is 35.5. The third kappa shape index (κ3) is 4.99. The molecule has 0 fully saturated rings. The number of rotatable bonds is 9. The predicted octanol–water partition coefficient (Wildman–Crippen LogP) is 4.98. The van der Waals surface area contributed by atoms with Crippen molar-refractivity contribution in [3.05, 3.63) is 35.4 Å². The molecule has 0 aliphatic rings. The molecule has 0 aliphatic heterocycles. The molecule has 3 rings (SSSR count). The normalized spacial score (nSPS) is 11.4. The summed E-state index contributed by atoms with van der Waals surface area (Å²) >= 11 is 6.17. The lowest BCUT2D eigenvalue weighted by molar-refractivity contribution is 0.391. The van der Waals surface area contributed by atoms with E-state index in [9.17, 15) is 0 Å². The number of nitrogens with zero attached hydrogens (tertiary/aromatic N) is 3. The molecule has 0 amide bonds. The number of ether oxygens (including phenoxy) is 1. The Hall–Kier alpha value is -2.11. The van der Waals surface area contributed by atoms with Gasteiger partial charge in [0.2, 0.25) is 5.88 Å². The van der Waals surface area contributed by atoms with Gasteiger partial charge in [-0.15, -0.1) is 0 Å². The van der Waals surface area contributed by atoms with Gasteiger partial charge in [-0.25, -0.2) is 9.97 Å².